The van der Waals surface area contributed by atoms with Gasteiger partial charge in [-0.15, -0.1) is 0 Å². The Labute approximate surface area is 98.5 Å². The third kappa shape index (κ3) is 2.01. The Balaban J connectivity index is 2.20. The second-order valence-electron chi connectivity index (χ2n) is 5.16. The van der Waals surface area contributed by atoms with E-state index >= 15 is 0 Å². The van der Waals surface area contributed by atoms with Gasteiger partial charge in [0, 0.05) is 0 Å². The van der Waals surface area contributed by atoms with Gasteiger partial charge in [-0.3, -0.25) is 0 Å². The maximum atomic E-state index is 10.7. The van der Waals surface area contributed by atoms with Crippen LogP contribution in [0.1, 0.15) is 50.7 Å². The molecule has 0 radical (unpaired) electrons. The van der Waals surface area contributed by atoms with E-state index < -0.39 is 5.60 Å². The molecule has 1 N–H and O–H groups in total. The van der Waals surface area contributed by atoms with Crippen LogP contribution >= 0.6 is 0 Å². The molecule has 0 aromatic heterocycles. The second kappa shape index (κ2) is 4.58. The van der Waals surface area contributed by atoms with Crippen molar-refractivity contribution >= 4 is 0 Å². The average Bonchev–Trinajstić information content (AvgIpc) is 2.62. The van der Waals surface area contributed by atoms with E-state index in [0.717, 1.165) is 31.2 Å². The fourth-order valence-electron chi connectivity index (χ4n) is 2.84. The number of hydrogen-bond donors (Lipinski definition) is 1. The highest BCUT2D eigenvalue weighted by Crippen LogP contribution is 2.43. The highest BCUT2D eigenvalue weighted by Gasteiger charge is 2.39. The Bertz CT molecular complexity index is 341. The van der Waals surface area contributed by atoms with Crippen LogP contribution in [0.15, 0.2) is 24.3 Å². The molecule has 88 valence electrons. The fourth-order valence-corrected chi connectivity index (χ4v) is 2.84. The molecule has 1 aromatic carbocycles. The van der Waals surface area contributed by atoms with Crippen LogP contribution in [0.25, 0.3) is 0 Å². The van der Waals surface area contributed by atoms with Crippen LogP contribution in [0.2, 0.25) is 0 Å². The quantitative estimate of drug-likeness (QED) is 0.821. The summed E-state index contributed by atoms with van der Waals surface area (Å²) in [6, 6.07) is 8.57. The monoisotopic (exact) mass is 218 g/mol. The van der Waals surface area contributed by atoms with Crippen molar-refractivity contribution in [2.24, 2.45) is 5.92 Å². The summed E-state index contributed by atoms with van der Waals surface area (Å²) in [5.74, 6) is 0.393. The third-order valence-corrected chi connectivity index (χ3v) is 4.00. The highest BCUT2D eigenvalue weighted by molar-refractivity contribution is 5.28. The number of rotatable bonds is 3. The zero-order valence-corrected chi connectivity index (χ0v) is 10.4. The lowest BCUT2D eigenvalue weighted by atomic mass is 9.84. The van der Waals surface area contributed by atoms with Gasteiger partial charge < -0.3 is 5.11 Å². The van der Waals surface area contributed by atoms with E-state index in [0.29, 0.717) is 5.92 Å². The molecule has 0 heterocycles. The average molecular weight is 218 g/mol. The first-order valence-corrected chi connectivity index (χ1v) is 6.48. The molecule has 1 aliphatic rings. The molecular formula is C15H22O. The zero-order chi connectivity index (χ0) is 11.6. The predicted molar refractivity (Wildman–Crippen MR) is 67.3 cm³/mol. The molecule has 0 saturated heterocycles. The van der Waals surface area contributed by atoms with Crippen molar-refractivity contribution < 1.29 is 5.11 Å². The highest BCUT2D eigenvalue weighted by atomic mass is 16.3. The summed E-state index contributed by atoms with van der Waals surface area (Å²) < 4.78 is 0. The molecular weight excluding hydrogens is 196 g/mol. The molecule has 16 heavy (non-hydrogen) atoms. The zero-order valence-electron chi connectivity index (χ0n) is 10.4. The van der Waals surface area contributed by atoms with Gasteiger partial charge in [0.25, 0.3) is 0 Å². The van der Waals surface area contributed by atoms with Gasteiger partial charge in [0.2, 0.25) is 0 Å². The maximum Gasteiger partial charge on any atom is 0.0921 e. The Morgan fingerprint density at radius 1 is 1.31 bits per heavy atom. The van der Waals surface area contributed by atoms with Gasteiger partial charge in [-0.25, -0.2) is 0 Å². The molecule has 1 aromatic rings. The molecule has 1 aliphatic carbocycles. The van der Waals surface area contributed by atoms with Crippen molar-refractivity contribution in [1.82, 2.24) is 0 Å². The van der Waals surface area contributed by atoms with Crippen molar-refractivity contribution in [2.45, 2.75) is 51.6 Å². The largest absolute Gasteiger partial charge is 0.385 e. The number of aryl methyl sites for hydroxylation is 1. The molecule has 1 nitrogen and oxygen atoms in total. The molecule has 0 bridgehead atoms. The van der Waals surface area contributed by atoms with Crippen LogP contribution in [0.4, 0.5) is 0 Å². The summed E-state index contributed by atoms with van der Waals surface area (Å²) in [7, 11) is 0. The first-order valence-electron chi connectivity index (χ1n) is 6.48. The molecule has 2 rings (SSSR count). The van der Waals surface area contributed by atoms with Gasteiger partial charge in [0.15, 0.2) is 0 Å². The van der Waals surface area contributed by atoms with Crippen LogP contribution in [0.3, 0.4) is 0 Å². The molecule has 1 saturated carbocycles. The topological polar surface area (TPSA) is 20.2 Å². The fraction of sp³-hybridized carbons (Fsp3) is 0.600. The molecule has 2 atom stereocenters. The normalized spacial score (nSPS) is 29.6. The lowest BCUT2D eigenvalue weighted by molar-refractivity contribution is 0.00448. The van der Waals surface area contributed by atoms with Gasteiger partial charge >= 0.3 is 0 Å². The van der Waals surface area contributed by atoms with Crippen molar-refractivity contribution in [2.75, 3.05) is 0 Å². The summed E-state index contributed by atoms with van der Waals surface area (Å²) in [4.78, 5) is 0. The van der Waals surface area contributed by atoms with E-state index in [9.17, 15) is 5.11 Å². The minimum absolute atomic E-state index is 0.393. The first kappa shape index (κ1) is 11.7. The summed E-state index contributed by atoms with van der Waals surface area (Å²) in [5, 5.41) is 10.7. The Kier molecular flexibility index (Phi) is 3.34. The van der Waals surface area contributed by atoms with Gasteiger partial charge in [0.1, 0.15) is 0 Å². The Hall–Kier alpha value is -0.820. The van der Waals surface area contributed by atoms with Gasteiger partial charge in [-0.1, -0.05) is 44.5 Å². The van der Waals surface area contributed by atoms with E-state index in [1.165, 1.54) is 12.0 Å². The minimum Gasteiger partial charge on any atom is -0.385 e. The minimum atomic E-state index is -0.565. The van der Waals surface area contributed by atoms with E-state index in [1.54, 1.807) is 0 Å². The Morgan fingerprint density at radius 3 is 2.50 bits per heavy atom. The van der Waals surface area contributed by atoms with Crippen LogP contribution in [0.5, 0.6) is 0 Å². The smallest absolute Gasteiger partial charge is 0.0921 e. The molecule has 0 aliphatic heterocycles. The van der Waals surface area contributed by atoms with Crippen molar-refractivity contribution in [3.05, 3.63) is 35.4 Å². The van der Waals surface area contributed by atoms with Crippen molar-refractivity contribution in [1.29, 1.82) is 0 Å². The van der Waals surface area contributed by atoms with Crippen LogP contribution in [-0.2, 0) is 12.0 Å². The number of aliphatic hydroxyl groups is 1. The molecule has 2 unspecified atom stereocenters. The van der Waals surface area contributed by atoms with Gasteiger partial charge in [-0.05, 0) is 42.7 Å². The lowest BCUT2D eigenvalue weighted by Gasteiger charge is -2.28. The van der Waals surface area contributed by atoms with E-state index in [-0.39, 0.29) is 0 Å². The summed E-state index contributed by atoms with van der Waals surface area (Å²) in [6.07, 6.45) is 5.52. The van der Waals surface area contributed by atoms with E-state index in [4.69, 9.17) is 0 Å². The number of hydrogen-bond acceptors (Lipinski definition) is 1. The maximum absolute atomic E-state index is 10.7. The lowest BCUT2D eigenvalue weighted by Crippen LogP contribution is -2.28. The van der Waals surface area contributed by atoms with Crippen molar-refractivity contribution in [3.8, 4) is 0 Å². The summed E-state index contributed by atoms with van der Waals surface area (Å²) >= 11 is 0. The van der Waals surface area contributed by atoms with E-state index in [1.807, 2.05) is 0 Å². The summed E-state index contributed by atoms with van der Waals surface area (Å²) in [5.41, 5.74) is 1.92. The molecule has 1 fully saturated rings. The van der Waals surface area contributed by atoms with E-state index in [2.05, 4.69) is 38.1 Å². The molecule has 0 spiro atoms. The van der Waals surface area contributed by atoms with Crippen molar-refractivity contribution in [3.63, 3.8) is 0 Å². The standard InChI is InChI=1S/C15H22O/c1-3-5-13-7-9-14(10-8-13)15(16)11-4-6-12(15)2/h7-10,12,16H,3-6,11H2,1-2H3. The Morgan fingerprint density at radius 2 is 2.00 bits per heavy atom. The molecule has 1 heteroatoms. The van der Waals surface area contributed by atoms with Crippen LogP contribution in [0, 0.1) is 5.92 Å². The second-order valence-corrected chi connectivity index (χ2v) is 5.16. The summed E-state index contributed by atoms with van der Waals surface area (Å²) in [6.45, 7) is 4.35. The van der Waals surface area contributed by atoms with Crippen LogP contribution in [-0.4, -0.2) is 5.11 Å². The van der Waals surface area contributed by atoms with Crippen LogP contribution < -0.4 is 0 Å². The third-order valence-electron chi connectivity index (χ3n) is 4.00. The molecule has 0 amide bonds. The SMILES string of the molecule is CCCc1ccc(C2(O)CCCC2C)cc1. The van der Waals surface area contributed by atoms with Gasteiger partial charge in [0.05, 0.1) is 5.60 Å². The predicted octanol–water partition coefficient (Wildman–Crippen LogP) is 3.65. The van der Waals surface area contributed by atoms with Gasteiger partial charge in [-0.2, -0.15) is 0 Å². The first-order chi connectivity index (χ1) is 7.66. The number of benzene rings is 1.